The van der Waals surface area contributed by atoms with Gasteiger partial charge in [-0.3, -0.25) is 4.55 Å². The minimum absolute atomic E-state index is 0.0140. The number of rotatable bonds is 6. The summed E-state index contributed by atoms with van der Waals surface area (Å²) in [5.41, 5.74) is 0.940. The van der Waals surface area contributed by atoms with Gasteiger partial charge in [-0.15, -0.1) is 10.2 Å². The van der Waals surface area contributed by atoms with Gasteiger partial charge in [-0.1, -0.05) is 30.3 Å². The molecule has 174 valence electrons. The van der Waals surface area contributed by atoms with Crippen LogP contribution in [0, 0.1) is 0 Å². The molecule has 0 amide bonds. The van der Waals surface area contributed by atoms with Crippen LogP contribution < -0.4 is 10.6 Å². The highest BCUT2D eigenvalue weighted by Crippen LogP contribution is 2.43. The normalized spacial score (nSPS) is 11.7. The van der Waals surface area contributed by atoms with Gasteiger partial charge in [0, 0.05) is 12.7 Å². The van der Waals surface area contributed by atoms with Crippen molar-refractivity contribution in [1.82, 2.24) is 0 Å². The van der Waals surface area contributed by atoms with E-state index in [2.05, 4.69) is 20.9 Å². The standard InChI is InChI=1S/C23H20N4O6S/c1-24-14-11-17(23(30)20(12-14)34(31,32)33)26-27-22-16(25-15-6-2-3-7-18(15)28)10-9-13-5-4-8-19(29)21(13)22/h2-12,24-25,28-30H,1H3,(H,31,32,33). The summed E-state index contributed by atoms with van der Waals surface area (Å²) >= 11 is 0. The van der Waals surface area contributed by atoms with Crippen LogP contribution in [-0.4, -0.2) is 35.3 Å². The van der Waals surface area contributed by atoms with Crippen LogP contribution in [0.2, 0.25) is 0 Å². The van der Waals surface area contributed by atoms with E-state index in [1.807, 2.05) is 0 Å². The maximum absolute atomic E-state index is 11.7. The lowest BCUT2D eigenvalue weighted by atomic mass is 10.1. The molecule has 0 atom stereocenters. The fourth-order valence-electron chi connectivity index (χ4n) is 3.38. The Kier molecular flexibility index (Phi) is 5.97. The van der Waals surface area contributed by atoms with Gasteiger partial charge in [0.2, 0.25) is 0 Å². The minimum Gasteiger partial charge on any atom is -0.507 e. The van der Waals surface area contributed by atoms with Crippen LogP contribution in [0.25, 0.3) is 10.8 Å². The summed E-state index contributed by atoms with van der Waals surface area (Å²) in [6.45, 7) is 0. The SMILES string of the molecule is CNc1cc(N=Nc2c(Nc3ccccc3O)ccc3cccc(O)c23)c(O)c(S(=O)(=O)O)c1. The molecule has 0 spiro atoms. The molecule has 0 fully saturated rings. The molecule has 0 heterocycles. The molecule has 6 N–H and O–H groups in total. The average molecular weight is 481 g/mol. The molecule has 10 nitrogen and oxygen atoms in total. The molecule has 34 heavy (non-hydrogen) atoms. The van der Waals surface area contributed by atoms with E-state index in [9.17, 15) is 28.3 Å². The number of anilines is 3. The minimum atomic E-state index is -4.74. The van der Waals surface area contributed by atoms with Crippen molar-refractivity contribution in [2.75, 3.05) is 17.7 Å². The first-order chi connectivity index (χ1) is 16.2. The Morgan fingerprint density at radius 2 is 1.56 bits per heavy atom. The van der Waals surface area contributed by atoms with Crippen LogP contribution in [-0.2, 0) is 10.1 Å². The molecule has 11 heteroatoms. The molecule has 4 aromatic carbocycles. The Hall–Kier alpha value is -4.35. The number of aromatic hydroxyl groups is 3. The number of fused-ring (bicyclic) bond motifs is 1. The van der Waals surface area contributed by atoms with Gasteiger partial charge in [-0.25, -0.2) is 0 Å². The van der Waals surface area contributed by atoms with Crippen molar-refractivity contribution in [3.05, 3.63) is 66.7 Å². The molecular formula is C23H20N4O6S. The summed E-state index contributed by atoms with van der Waals surface area (Å²) in [5.74, 6) is -0.885. The first-order valence-corrected chi connectivity index (χ1v) is 11.4. The van der Waals surface area contributed by atoms with E-state index in [4.69, 9.17) is 0 Å². The fourth-order valence-corrected chi connectivity index (χ4v) is 4.01. The third-order valence-electron chi connectivity index (χ3n) is 5.05. The lowest BCUT2D eigenvalue weighted by molar-refractivity contribution is 0.444. The number of azo groups is 1. The lowest BCUT2D eigenvalue weighted by Crippen LogP contribution is -2.00. The third-order valence-corrected chi connectivity index (χ3v) is 5.92. The number of phenolic OH excluding ortho intramolecular Hbond substituents is 3. The van der Waals surface area contributed by atoms with Crippen LogP contribution in [0.1, 0.15) is 0 Å². The predicted molar refractivity (Wildman–Crippen MR) is 129 cm³/mol. The zero-order valence-electron chi connectivity index (χ0n) is 17.8. The van der Waals surface area contributed by atoms with E-state index in [0.717, 1.165) is 6.07 Å². The van der Waals surface area contributed by atoms with E-state index < -0.39 is 20.8 Å². The summed E-state index contributed by atoms with van der Waals surface area (Å²) in [5, 5.41) is 46.1. The molecule has 0 radical (unpaired) electrons. The van der Waals surface area contributed by atoms with E-state index >= 15 is 0 Å². The quantitative estimate of drug-likeness (QED) is 0.0923. The highest BCUT2D eigenvalue weighted by Gasteiger charge is 2.20. The number of para-hydroxylation sites is 2. The van der Waals surface area contributed by atoms with E-state index in [1.165, 1.54) is 25.2 Å². The number of benzene rings is 4. The monoisotopic (exact) mass is 480 g/mol. The maximum Gasteiger partial charge on any atom is 0.298 e. The van der Waals surface area contributed by atoms with Crippen molar-refractivity contribution >= 4 is 49.3 Å². The second-order valence-corrected chi connectivity index (χ2v) is 8.64. The van der Waals surface area contributed by atoms with Gasteiger partial charge in [0.15, 0.2) is 5.75 Å². The Morgan fingerprint density at radius 3 is 2.26 bits per heavy atom. The van der Waals surface area contributed by atoms with Gasteiger partial charge >= 0.3 is 0 Å². The first-order valence-electron chi connectivity index (χ1n) is 9.92. The number of phenols is 3. The molecule has 0 aliphatic heterocycles. The molecule has 4 aromatic rings. The molecule has 0 saturated carbocycles. The highest BCUT2D eigenvalue weighted by molar-refractivity contribution is 7.86. The molecule has 0 aromatic heterocycles. The van der Waals surface area contributed by atoms with Crippen molar-refractivity contribution in [3.63, 3.8) is 0 Å². The molecule has 0 unspecified atom stereocenters. The van der Waals surface area contributed by atoms with E-state index in [1.54, 1.807) is 42.5 Å². The topological polar surface area (TPSA) is 164 Å². The van der Waals surface area contributed by atoms with Crippen LogP contribution in [0.4, 0.5) is 28.4 Å². The number of hydrogen-bond donors (Lipinski definition) is 6. The summed E-state index contributed by atoms with van der Waals surface area (Å²) in [4.78, 5) is -0.735. The maximum atomic E-state index is 11.7. The van der Waals surface area contributed by atoms with Crippen molar-refractivity contribution in [2.24, 2.45) is 10.2 Å². The van der Waals surface area contributed by atoms with Gasteiger partial charge in [0.25, 0.3) is 10.1 Å². The molecule has 4 rings (SSSR count). The molecule has 0 aliphatic rings. The Balaban J connectivity index is 1.91. The predicted octanol–water partition coefficient (Wildman–Crippen LogP) is 5.40. The average Bonchev–Trinajstić information content (AvgIpc) is 2.80. The number of nitrogens with zero attached hydrogens (tertiary/aromatic N) is 2. The summed E-state index contributed by atoms with van der Waals surface area (Å²) in [6, 6.07) is 17.2. The van der Waals surface area contributed by atoms with Crippen molar-refractivity contribution in [2.45, 2.75) is 4.90 Å². The summed E-state index contributed by atoms with van der Waals surface area (Å²) < 4.78 is 32.8. The zero-order chi connectivity index (χ0) is 24.5. The van der Waals surface area contributed by atoms with Gasteiger partial charge in [-0.2, -0.15) is 8.42 Å². The highest BCUT2D eigenvalue weighted by atomic mass is 32.2. The van der Waals surface area contributed by atoms with Crippen LogP contribution in [0.15, 0.2) is 81.9 Å². The fraction of sp³-hybridized carbons (Fsp3) is 0.0435. The second kappa shape index (κ2) is 8.89. The van der Waals surface area contributed by atoms with E-state index in [-0.39, 0.29) is 28.6 Å². The van der Waals surface area contributed by atoms with Gasteiger partial charge in [0.05, 0.1) is 16.8 Å². The van der Waals surface area contributed by atoms with Crippen molar-refractivity contribution in [1.29, 1.82) is 0 Å². The Bertz CT molecular complexity index is 1540. The molecule has 0 aliphatic carbocycles. The molecule has 0 bridgehead atoms. The zero-order valence-corrected chi connectivity index (χ0v) is 18.6. The van der Waals surface area contributed by atoms with Crippen LogP contribution in [0.5, 0.6) is 17.2 Å². The Morgan fingerprint density at radius 1 is 0.824 bits per heavy atom. The van der Waals surface area contributed by atoms with E-state index in [0.29, 0.717) is 22.1 Å². The number of nitrogens with one attached hydrogen (secondary N) is 2. The third kappa shape index (κ3) is 4.42. The lowest BCUT2D eigenvalue weighted by Gasteiger charge is -2.13. The smallest absolute Gasteiger partial charge is 0.298 e. The molecule has 0 saturated heterocycles. The first kappa shape index (κ1) is 22.8. The van der Waals surface area contributed by atoms with Crippen LogP contribution in [0.3, 0.4) is 0 Å². The number of hydrogen-bond acceptors (Lipinski definition) is 9. The van der Waals surface area contributed by atoms with Crippen molar-refractivity contribution in [3.8, 4) is 17.2 Å². The van der Waals surface area contributed by atoms with Gasteiger partial charge < -0.3 is 26.0 Å². The largest absolute Gasteiger partial charge is 0.507 e. The van der Waals surface area contributed by atoms with Crippen molar-refractivity contribution < 1.29 is 28.3 Å². The van der Waals surface area contributed by atoms with Gasteiger partial charge in [-0.05, 0) is 41.8 Å². The second-order valence-electron chi connectivity index (χ2n) is 7.25. The summed E-state index contributed by atoms with van der Waals surface area (Å²) in [6.07, 6.45) is 0. The summed E-state index contributed by atoms with van der Waals surface area (Å²) in [7, 11) is -3.21. The van der Waals surface area contributed by atoms with Crippen LogP contribution >= 0.6 is 0 Å². The Labute approximate surface area is 194 Å². The molecular weight excluding hydrogens is 460 g/mol. The van der Waals surface area contributed by atoms with Gasteiger partial charge in [0.1, 0.15) is 27.8 Å².